The van der Waals surface area contributed by atoms with Gasteiger partial charge in [0.05, 0.1) is 12.5 Å². The third-order valence-electron chi connectivity index (χ3n) is 3.20. The molecule has 0 fully saturated rings. The number of nitrogens with zero attached hydrogens (tertiary/aromatic N) is 2. The highest BCUT2D eigenvalue weighted by atomic mass is 35.5. The number of benzene rings is 2. The van der Waals surface area contributed by atoms with E-state index in [1.807, 2.05) is 37.2 Å². The topological polar surface area (TPSA) is 62.4 Å². The van der Waals surface area contributed by atoms with Crippen molar-refractivity contribution in [1.29, 1.82) is 5.41 Å². The molecule has 1 heterocycles. The minimum atomic E-state index is 0. The summed E-state index contributed by atoms with van der Waals surface area (Å²) in [5.74, 6) is 1.07. The molecule has 1 aromatic carbocycles. The van der Waals surface area contributed by atoms with Gasteiger partial charge in [-0.25, -0.2) is 4.98 Å². The highest BCUT2D eigenvalue weighted by molar-refractivity contribution is 5.85. The van der Waals surface area contributed by atoms with Gasteiger partial charge in [-0.15, -0.1) is 12.4 Å². The van der Waals surface area contributed by atoms with Gasteiger partial charge in [-0.1, -0.05) is 0 Å². The molecule has 0 atom stereocenters. The van der Waals surface area contributed by atoms with Gasteiger partial charge in [-0.05, 0) is 12.1 Å². The van der Waals surface area contributed by atoms with Crippen molar-refractivity contribution in [3.8, 4) is 17.2 Å². The molecule has 0 spiro atoms. The van der Waals surface area contributed by atoms with Crippen molar-refractivity contribution in [2.24, 2.45) is 0 Å². The minimum absolute atomic E-state index is 0. The second-order valence-electron chi connectivity index (χ2n) is 4.78. The molecule has 2 aliphatic rings. The number of methoxy groups -OCH3 is 1. The number of halogens is 1. The number of ether oxygens (including phenoxy) is 1. The van der Waals surface area contributed by atoms with E-state index in [-0.39, 0.29) is 17.8 Å². The molecule has 5 nitrogen and oxygen atoms in total. The predicted octanol–water partition coefficient (Wildman–Crippen LogP) is 2.91. The molecule has 0 aromatic heterocycles. The number of aromatic nitrogens is 1. The molecule has 0 saturated carbocycles. The molecule has 1 aromatic rings. The zero-order valence-corrected chi connectivity index (χ0v) is 12.8. The van der Waals surface area contributed by atoms with Crippen LogP contribution in [-0.2, 0) is 0 Å². The van der Waals surface area contributed by atoms with Crippen molar-refractivity contribution in [1.82, 2.24) is 4.98 Å². The van der Waals surface area contributed by atoms with E-state index in [1.165, 1.54) is 0 Å². The van der Waals surface area contributed by atoms with Crippen LogP contribution in [0.2, 0.25) is 0 Å². The lowest BCUT2D eigenvalue weighted by molar-refractivity contribution is 0.408. The van der Waals surface area contributed by atoms with Crippen LogP contribution in [0, 0.1) is 5.41 Å². The maximum atomic E-state index is 7.85. The summed E-state index contributed by atoms with van der Waals surface area (Å²) in [6.45, 7) is 0. The summed E-state index contributed by atoms with van der Waals surface area (Å²) >= 11 is 0. The molecule has 3 rings (SSSR count). The normalized spacial score (nSPS) is 10.4. The lowest BCUT2D eigenvalue weighted by Gasteiger charge is -2.13. The number of fused-ring (bicyclic) bond motifs is 2. The highest BCUT2D eigenvalue weighted by Gasteiger charge is 2.12. The Morgan fingerprint density at radius 3 is 2.62 bits per heavy atom. The Labute approximate surface area is 128 Å². The van der Waals surface area contributed by atoms with Crippen LogP contribution in [0.15, 0.2) is 34.7 Å². The molecule has 1 aliphatic carbocycles. The first-order chi connectivity index (χ1) is 9.58. The molecule has 0 bridgehead atoms. The third kappa shape index (κ3) is 2.64. The van der Waals surface area contributed by atoms with Gasteiger partial charge in [0, 0.05) is 38.0 Å². The van der Waals surface area contributed by atoms with Crippen molar-refractivity contribution < 1.29 is 9.15 Å². The Bertz CT molecular complexity index is 814. The highest BCUT2D eigenvalue weighted by Crippen LogP contribution is 2.28. The Kier molecular flexibility index (Phi) is 4.04. The first-order valence-corrected chi connectivity index (χ1v) is 6.23. The van der Waals surface area contributed by atoms with Crippen LogP contribution in [0.4, 0.5) is 5.69 Å². The Morgan fingerprint density at radius 2 is 1.95 bits per heavy atom. The minimum Gasteiger partial charge on any atom is -0.494 e. The van der Waals surface area contributed by atoms with Crippen LogP contribution in [0.1, 0.15) is 0 Å². The summed E-state index contributed by atoms with van der Waals surface area (Å²) in [5, 5.41) is 8.14. The Morgan fingerprint density at radius 1 is 1.19 bits per heavy atom. The summed E-state index contributed by atoms with van der Waals surface area (Å²) in [5.41, 5.74) is 3.21. The van der Waals surface area contributed by atoms with Gasteiger partial charge in [-0.2, -0.15) is 0 Å². The lowest BCUT2D eigenvalue weighted by atomic mass is 10.2. The standard InChI is InChI=1S/C15H15N3O2.ClH/c1-18(2)9-4-5-11-14(6-9)20-15-7-10(16)13(19-3)8-12(15)17-11;/h4-8,16H,1-3H3;1H. The summed E-state index contributed by atoms with van der Waals surface area (Å²) in [6, 6.07) is 9.21. The van der Waals surface area contributed by atoms with E-state index >= 15 is 0 Å². The van der Waals surface area contributed by atoms with Crippen molar-refractivity contribution >= 4 is 29.2 Å². The fourth-order valence-electron chi connectivity index (χ4n) is 2.09. The third-order valence-corrected chi connectivity index (χ3v) is 3.20. The number of nitrogens with one attached hydrogen (secondary N) is 1. The monoisotopic (exact) mass is 305 g/mol. The summed E-state index contributed by atoms with van der Waals surface area (Å²) < 4.78 is 11.0. The lowest BCUT2D eigenvalue weighted by Crippen LogP contribution is -2.08. The smallest absolute Gasteiger partial charge is 0.155 e. The van der Waals surface area contributed by atoms with E-state index < -0.39 is 0 Å². The molecule has 21 heavy (non-hydrogen) atoms. The molecule has 0 radical (unpaired) electrons. The first-order valence-electron chi connectivity index (χ1n) is 6.23. The molecule has 1 N–H and O–H groups in total. The average Bonchev–Trinajstić information content (AvgIpc) is 2.43. The van der Waals surface area contributed by atoms with Crippen LogP contribution in [-0.4, -0.2) is 26.2 Å². The number of anilines is 1. The largest absolute Gasteiger partial charge is 0.494 e. The van der Waals surface area contributed by atoms with Crippen molar-refractivity contribution in [3.63, 3.8) is 0 Å². The number of hydrogen-bond acceptors (Lipinski definition) is 5. The first kappa shape index (κ1) is 15.1. The van der Waals surface area contributed by atoms with Crippen LogP contribution in [0.25, 0.3) is 22.6 Å². The van der Waals surface area contributed by atoms with Gasteiger partial charge >= 0.3 is 0 Å². The van der Waals surface area contributed by atoms with Gasteiger partial charge in [0.1, 0.15) is 17.0 Å². The second kappa shape index (κ2) is 5.61. The van der Waals surface area contributed by atoms with Crippen LogP contribution in [0.5, 0.6) is 5.75 Å². The zero-order valence-electron chi connectivity index (χ0n) is 12.0. The average molecular weight is 306 g/mol. The van der Waals surface area contributed by atoms with E-state index in [4.69, 9.17) is 14.6 Å². The molecule has 1 aliphatic heterocycles. The van der Waals surface area contributed by atoms with Gasteiger partial charge in [0.2, 0.25) is 0 Å². The van der Waals surface area contributed by atoms with Gasteiger partial charge < -0.3 is 14.1 Å². The van der Waals surface area contributed by atoms with Crippen LogP contribution < -0.4 is 15.0 Å². The molecule has 0 unspecified atom stereocenters. The van der Waals surface area contributed by atoms with E-state index in [2.05, 4.69) is 4.98 Å². The predicted molar refractivity (Wildman–Crippen MR) is 84.6 cm³/mol. The van der Waals surface area contributed by atoms with E-state index in [0.29, 0.717) is 22.8 Å². The molecule has 110 valence electrons. The summed E-state index contributed by atoms with van der Waals surface area (Å²) in [7, 11) is 5.49. The van der Waals surface area contributed by atoms with E-state index in [9.17, 15) is 0 Å². The second-order valence-corrected chi connectivity index (χ2v) is 4.78. The van der Waals surface area contributed by atoms with E-state index in [0.717, 1.165) is 11.2 Å². The van der Waals surface area contributed by atoms with Crippen LogP contribution >= 0.6 is 12.4 Å². The molecular formula is C15H16ClN3O2. The number of rotatable bonds is 2. The van der Waals surface area contributed by atoms with Crippen molar-refractivity contribution in [3.05, 3.63) is 35.7 Å². The zero-order chi connectivity index (χ0) is 14.3. The molecule has 0 saturated heterocycles. The fourth-order valence-corrected chi connectivity index (χ4v) is 2.09. The maximum absolute atomic E-state index is 7.85. The van der Waals surface area contributed by atoms with Gasteiger partial charge in [-0.3, -0.25) is 5.41 Å². The van der Waals surface area contributed by atoms with Crippen molar-refractivity contribution in [2.75, 3.05) is 26.1 Å². The van der Waals surface area contributed by atoms with E-state index in [1.54, 1.807) is 19.2 Å². The Balaban J connectivity index is 0.00000161. The van der Waals surface area contributed by atoms with Crippen LogP contribution in [0.3, 0.4) is 0 Å². The summed E-state index contributed by atoms with van der Waals surface area (Å²) in [6.07, 6.45) is 0. The number of hydrogen-bond donors (Lipinski definition) is 1. The Hall–Kier alpha value is -2.27. The quantitative estimate of drug-likeness (QED) is 0.739. The van der Waals surface area contributed by atoms with Gasteiger partial charge in [0.25, 0.3) is 0 Å². The molecule has 0 amide bonds. The fraction of sp³-hybridized carbons (Fsp3) is 0.200. The SMILES string of the molecule is COc1cc2nc3ccc(N(C)C)cc3oc-2cc1=N.Cl. The van der Waals surface area contributed by atoms with Crippen molar-refractivity contribution in [2.45, 2.75) is 0 Å². The molecule has 6 heteroatoms. The molecular weight excluding hydrogens is 290 g/mol. The summed E-state index contributed by atoms with van der Waals surface area (Å²) in [4.78, 5) is 6.56. The van der Waals surface area contributed by atoms with Gasteiger partial charge in [0.15, 0.2) is 11.3 Å². The maximum Gasteiger partial charge on any atom is 0.155 e.